The van der Waals surface area contributed by atoms with Crippen molar-refractivity contribution in [2.45, 2.75) is 39.0 Å². The minimum atomic E-state index is -1.02. The van der Waals surface area contributed by atoms with Crippen molar-refractivity contribution in [3.63, 3.8) is 0 Å². The van der Waals surface area contributed by atoms with Gasteiger partial charge in [-0.1, -0.05) is 47.6 Å². The summed E-state index contributed by atoms with van der Waals surface area (Å²) in [5.41, 5.74) is 2.45. The van der Waals surface area contributed by atoms with E-state index >= 15 is 0 Å². The number of hydrogen-bond acceptors (Lipinski definition) is 6. The number of carbonyl (C=O) groups is 2. The Morgan fingerprint density at radius 2 is 1.88 bits per heavy atom. The summed E-state index contributed by atoms with van der Waals surface area (Å²) in [6, 6.07) is 16.3. The summed E-state index contributed by atoms with van der Waals surface area (Å²) in [6.45, 7) is 3.75. The number of aliphatic carboxylic acids is 1. The molecule has 0 saturated heterocycles. The average Bonchev–Trinajstić information content (AvgIpc) is 3.28. The van der Waals surface area contributed by atoms with E-state index in [2.05, 4.69) is 10.5 Å². The highest BCUT2D eigenvalue weighted by Gasteiger charge is 2.21. The third kappa shape index (κ3) is 5.95. The van der Waals surface area contributed by atoms with Gasteiger partial charge in [-0.05, 0) is 25.5 Å². The van der Waals surface area contributed by atoms with Crippen molar-refractivity contribution in [1.29, 1.82) is 0 Å². The van der Waals surface area contributed by atoms with E-state index < -0.39 is 18.0 Å². The predicted octanol–water partition coefficient (Wildman–Crippen LogP) is 3.70. The molecule has 1 unspecified atom stereocenters. The third-order valence-corrected chi connectivity index (χ3v) is 4.72. The monoisotopic (exact) mass is 438 g/mol. The molecule has 0 bridgehead atoms. The molecule has 1 heterocycles. The first-order valence-electron chi connectivity index (χ1n) is 10.2. The molecule has 0 aliphatic carbocycles. The van der Waals surface area contributed by atoms with Crippen LogP contribution in [0.4, 0.5) is 0 Å². The zero-order chi connectivity index (χ0) is 23.1. The van der Waals surface area contributed by atoms with E-state index in [-0.39, 0.29) is 24.8 Å². The lowest BCUT2D eigenvalue weighted by Crippen LogP contribution is -2.29. The van der Waals surface area contributed by atoms with Gasteiger partial charge in [0.1, 0.15) is 5.75 Å². The lowest BCUT2D eigenvalue weighted by molar-refractivity contribution is -0.153. The van der Waals surface area contributed by atoms with Gasteiger partial charge in [-0.3, -0.25) is 4.79 Å². The molecule has 1 aromatic heterocycles. The van der Waals surface area contributed by atoms with E-state index in [0.717, 1.165) is 11.1 Å². The fourth-order valence-electron chi connectivity index (χ4n) is 3.22. The normalized spacial score (nSPS) is 11.9. The van der Waals surface area contributed by atoms with Crippen LogP contribution in [0.3, 0.4) is 0 Å². The minimum Gasteiger partial charge on any atom is -0.496 e. The van der Waals surface area contributed by atoms with E-state index in [0.29, 0.717) is 17.1 Å². The lowest BCUT2D eigenvalue weighted by atomic mass is 10.0. The van der Waals surface area contributed by atoms with Crippen LogP contribution in [0.15, 0.2) is 59.1 Å². The molecule has 2 N–H and O–H groups in total. The first kappa shape index (κ1) is 23.0. The highest BCUT2D eigenvalue weighted by atomic mass is 16.5. The second-order valence-corrected chi connectivity index (χ2v) is 7.49. The predicted molar refractivity (Wildman–Crippen MR) is 117 cm³/mol. The number of benzene rings is 2. The lowest BCUT2D eigenvalue weighted by Gasteiger charge is -2.17. The van der Waals surface area contributed by atoms with Crippen LogP contribution in [0.5, 0.6) is 5.75 Å². The summed E-state index contributed by atoms with van der Waals surface area (Å²) in [5, 5.41) is 16.1. The van der Waals surface area contributed by atoms with E-state index in [4.69, 9.17) is 14.0 Å². The molecular formula is C24H26N2O6. The number of aromatic nitrogens is 1. The summed E-state index contributed by atoms with van der Waals surface area (Å²) >= 11 is 0. The molecule has 8 heteroatoms. The Kier molecular flexibility index (Phi) is 7.62. The fraction of sp³-hybridized carbons (Fsp3) is 0.292. The number of nitrogens with zero attached hydrogens (tertiary/aromatic N) is 1. The highest BCUT2D eigenvalue weighted by Crippen LogP contribution is 2.22. The molecule has 8 nitrogen and oxygen atoms in total. The topological polar surface area (TPSA) is 111 Å². The second-order valence-electron chi connectivity index (χ2n) is 7.49. The number of carboxylic acids is 1. The molecule has 3 rings (SSSR count). The fourth-order valence-corrected chi connectivity index (χ4v) is 3.22. The van der Waals surface area contributed by atoms with Crippen LogP contribution in [-0.4, -0.2) is 41.5 Å². The van der Waals surface area contributed by atoms with Crippen molar-refractivity contribution >= 4 is 11.9 Å². The van der Waals surface area contributed by atoms with Crippen molar-refractivity contribution in [3.05, 3.63) is 71.4 Å². The Balaban J connectivity index is 1.70. The number of methoxy groups -OCH3 is 1. The first-order valence-corrected chi connectivity index (χ1v) is 10.2. The minimum absolute atomic E-state index is 0.162. The Hall–Kier alpha value is -3.65. The number of carbonyl (C=O) groups excluding carboxylic acids is 1. The third-order valence-electron chi connectivity index (χ3n) is 4.72. The van der Waals surface area contributed by atoms with Crippen LogP contribution < -0.4 is 10.1 Å². The van der Waals surface area contributed by atoms with E-state index in [1.165, 1.54) is 7.11 Å². The molecule has 3 aromatic rings. The van der Waals surface area contributed by atoms with Crippen molar-refractivity contribution in [3.8, 4) is 17.1 Å². The van der Waals surface area contributed by atoms with Crippen LogP contribution in [0.1, 0.15) is 35.5 Å². The van der Waals surface area contributed by atoms with Crippen molar-refractivity contribution in [1.82, 2.24) is 10.5 Å². The van der Waals surface area contributed by atoms with Gasteiger partial charge < -0.3 is 24.4 Å². The summed E-state index contributed by atoms with van der Waals surface area (Å²) in [6.07, 6.45) is -0.976. The molecule has 32 heavy (non-hydrogen) atoms. The number of amides is 1. The molecule has 2 aromatic carbocycles. The molecule has 168 valence electrons. The number of carboxylic acid groups (broad SMARTS) is 1. The quantitative estimate of drug-likeness (QED) is 0.496. The highest BCUT2D eigenvalue weighted by molar-refractivity contribution is 5.93. The van der Waals surface area contributed by atoms with Crippen molar-refractivity contribution in [2.75, 3.05) is 7.11 Å². The van der Waals surface area contributed by atoms with Gasteiger partial charge in [0.15, 0.2) is 17.6 Å². The zero-order valence-corrected chi connectivity index (χ0v) is 18.2. The van der Waals surface area contributed by atoms with Crippen LogP contribution in [-0.2, 0) is 22.5 Å². The molecule has 0 aliphatic heterocycles. The molecule has 0 aliphatic rings. The van der Waals surface area contributed by atoms with Gasteiger partial charge >= 0.3 is 5.97 Å². The van der Waals surface area contributed by atoms with Crippen molar-refractivity contribution < 1.29 is 28.7 Å². The van der Waals surface area contributed by atoms with Crippen LogP contribution >= 0.6 is 0 Å². The molecule has 0 spiro atoms. The SMILES string of the molecule is COc1ccc(CC(OC(C)C)C(=O)O)cc1CNC(=O)c1cc(-c2ccccc2)on1. The molecule has 1 atom stereocenters. The maximum Gasteiger partial charge on any atom is 0.333 e. The smallest absolute Gasteiger partial charge is 0.333 e. The van der Waals surface area contributed by atoms with Gasteiger partial charge in [0.2, 0.25) is 0 Å². The summed E-state index contributed by atoms with van der Waals surface area (Å²) in [5.74, 6) is -0.337. The van der Waals surface area contributed by atoms with Gasteiger partial charge in [0.05, 0.1) is 13.2 Å². The molecule has 0 radical (unpaired) electrons. The van der Waals surface area contributed by atoms with Gasteiger partial charge in [-0.15, -0.1) is 0 Å². The Morgan fingerprint density at radius 3 is 2.53 bits per heavy atom. The van der Waals surface area contributed by atoms with Gasteiger partial charge in [-0.2, -0.15) is 0 Å². The molecule has 0 saturated carbocycles. The maximum atomic E-state index is 12.6. The van der Waals surface area contributed by atoms with E-state index in [1.54, 1.807) is 38.1 Å². The maximum absolute atomic E-state index is 12.6. The number of hydrogen-bond donors (Lipinski definition) is 2. The molecule has 0 fully saturated rings. The standard InChI is InChI=1S/C24H26N2O6/c1-15(2)31-22(24(28)29)12-16-9-10-20(30-3)18(11-16)14-25-23(27)19-13-21(32-26-19)17-7-5-4-6-8-17/h4-11,13,15,22H,12,14H2,1-3H3,(H,25,27)(H,28,29). The average molecular weight is 438 g/mol. The zero-order valence-electron chi connectivity index (χ0n) is 18.2. The number of nitrogens with one attached hydrogen (secondary N) is 1. The summed E-state index contributed by atoms with van der Waals surface area (Å²) < 4.78 is 16.2. The Bertz CT molecular complexity index is 1060. The summed E-state index contributed by atoms with van der Waals surface area (Å²) in [4.78, 5) is 24.1. The first-order chi connectivity index (χ1) is 15.4. The van der Waals surface area contributed by atoms with E-state index in [1.807, 2.05) is 30.3 Å². The van der Waals surface area contributed by atoms with Gasteiger partial charge in [0, 0.05) is 30.2 Å². The van der Waals surface area contributed by atoms with Crippen LogP contribution in [0, 0.1) is 0 Å². The Morgan fingerprint density at radius 1 is 1.12 bits per heavy atom. The Labute approximate surface area is 186 Å². The largest absolute Gasteiger partial charge is 0.496 e. The number of rotatable bonds is 10. The van der Waals surface area contributed by atoms with E-state index in [9.17, 15) is 14.7 Å². The van der Waals surface area contributed by atoms with Crippen molar-refractivity contribution in [2.24, 2.45) is 0 Å². The second kappa shape index (κ2) is 10.6. The van der Waals surface area contributed by atoms with Crippen LogP contribution in [0.2, 0.25) is 0 Å². The molecule has 1 amide bonds. The van der Waals surface area contributed by atoms with Gasteiger partial charge in [-0.25, -0.2) is 4.79 Å². The van der Waals surface area contributed by atoms with Crippen LogP contribution in [0.25, 0.3) is 11.3 Å². The van der Waals surface area contributed by atoms with Gasteiger partial charge in [0.25, 0.3) is 5.91 Å². The summed E-state index contributed by atoms with van der Waals surface area (Å²) in [7, 11) is 1.53. The number of ether oxygens (including phenoxy) is 2. The molecular weight excluding hydrogens is 412 g/mol.